The molecular formula is C17H20ClNO. The molecule has 2 aromatic rings. The first-order valence-electron chi connectivity index (χ1n) is 6.89. The third-order valence-electron chi connectivity index (χ3n) is 3.29. The molecule has 2 aromatic carbocycles. The highest BCUT2D eigenvalue weighted by molar-refractivity contribution is 6.30. The molecule has 0 aromatic heterocycles. The van der Waals surface area contributed by atoms with Gasteiger partial charge in [-0.25, -0.2) is 0 Å². The van der Waals surface area contributed by atoms with E-state index in [0.29, 0.717) is 6.61 Å². The average Bonchev–Trinajstić information content (AvgIpc) is 2.48. The topological polar surface area (TPSA) is 35.2 Å². The lowest BCUT2D eigenvalue weighted by Gasteiger charge is -2.14. The van der Waals surface area contributed by atoms with Crippen LogP contribution in [0.2, 0.25) is 5.02 Å². The van der Waals surface area contributed by atoms with Crippen LogP contribution >= 0.6 is 11.6 Å². The highest BCUT2D eigenvalue weighted by Gasteiger charge is 2.07. The molecule has 0 spiro atoms. The van der Waals surface area contributed by atoms with E-state index in [2.05, 4.69) is 13.0 Å². The summed E-state index contributed by atoms with van der Waals surface area (Å²) in [6, 6.07) is 15.9. The van der Waals surface area contributed by atoms with Crippen LogP contribution < -0.4 is 10.5 Å². The molecule has 0 fully saturated rings. The lowest BCUT2D eigenvalue weighted by molar-refractivity contribution is 0.302. The maximum atomic E-state index is 6.03. The molecule has 1 atom stereocenters. The van der Waals surface area contributed by atoms with Crippen LogP contribution in [0.4, 0.5) is 0 Å². The second-order valence-electron chi connectivity index (χ2n) is 4.90. The van der Waals surface area contributed by atoms with Crippen LogP contribution in [-0.2, 0) is 13.0 Å². The summed E-state index contributed by atoms with van der Waals surface area (Å²) in [5, 5.41) is 0.739. The van der Waals surface area contributed by atoms with Gasteiger partial charge < -0.3 is 10.5 Å². The lowest BCUT2D eigenvalue weighted by atomic mass is 10.0. The number of hydrogen-bond acceptors (Lipinski definition) is 2. The molecular weight excluding hydrogens is 270 g/mol. The predicted molar refractivity (Wildman–Crippen MR) is 84.2 cm³/mol. The van der Waals surface area contributed by atoms with Crippen molar-refractivity contribution < 1.29 is 4.74 Å². The number of nitrogens with two attached hydrogens (primary N) is 1. The minimum Gasteiger partial charge on any atom is -0.489 e. The summed E-state index contributed by atoms with van der Waals surface area (Å²) >= 11 is 5.87. The fourth-order valence-electron chi connectivity index (χ4n) is 1.98. The van der Waals surface area contributed by atoms with Crippen molar-refractivity contribution in [3.63, 3.8) is 0 Å². The Bertz CT molecular complexity index is 539. The third-order valence-corrected chi connectivity index (χ3v) is 3.54. The molecule has 2 N–H and O–H groups in total. The Kier molecular flexibility index (Phi) is 5.45. The van der Waals surface area contributed by atoms with Crippen molar-refractivity contribution in [1.29, 1.82) is 0 Å². The van der Waals surface area contributed by atoms with Gasteiger partial charge in [-0.2, -0.15) is 0 Å². The number of para-hydroxylation sites is 1. The van der Waals surface area contributed by atoms with Gasteiger partial charge in [-0.15, -0.1) is 0 Å². The van der Waals surface area contributed by atoms with Gasteiger partial charge in [-0.1, -0.05) is 48.9 Å². The number of ether oxygens (including phenoxy) is 1. The van der Waals surface area contributed by atoms with Crippen molar-refractivity contribution in [2.24, 2.45) is 5.73 Å². The summed E-state index contributed by atoms with van der Waals surface area (Å²) in [5.74, 6) is 0.909. The molecule has 0 saturated heterocycles. The summed E-state index contributed by atoms with van der Waals surface area (Å²) in [4.78, 5) is 0. The highest BCUT2D eigenvalue weighted by Crippen LogP contribution is 2.21. The monoisotopic (exact) mass is 289 g/mol. The molecule has 0 aliphatic carbocycles. The van der Waals surface area contributed by atoms with E-state index >= 15 is 0 Å². The predicted octanol–water partition coefficient (Wildman–Crippen LogP) is 4.20. The molecule has 0 heterocycles. The van der Waals surface area contributed by atoms with Gasteiger partial charge in [0.05, 0.1) is 0 Å². The number of halogens is 1. The van der Waals surface area contributed by atoms with Crippen molar-refractivity contribution in [2.45, 2.75) is 32.4 Å². The fraction of sp³-hybridized carbons (Fsp3) is 0.294. The van der Waals surface area contributed by atoms with Gasteiger partial charge >= 0.3 is 0 Å². The van der Waals surface area contributed by atoms with Crippen LogP contribution in [0.25, 0.3) is 0 Å². The maximum absolute atomic E-state index is 6.03. The summed E-state index contributed by atoms with van der Waals surface area (Å²) in [7, 11) is 0. The van der Waals surface area contributed by atoms with Crippen molar-refractivity contribution >= 4 is 11.6 Å². The van der Waals surface area contributed by atoms with E-state index in [1.165, 1.54) is 0 Å². The van der Waals surface area contributed by atoms with Crippen LogP contribution in [0.1, 0.15) is 24.5 Å². The molecule has 0 aliphatic heterocycles. The zero-order valence-electron chi connectivity index (χ0n) is 11.7. The Morgan fingerprint density at radius 1 is 1.10 bits per heavy atom. The number of hydrogen-bond donors (Lipinski definition) is 1. The zero-order chi connectivity index (χ0) is 14.4. The largest absolute Gasteiger partial charge is 0.489 e. The van der Waals surface area contributed by atoms with Crippen LogP contribution in [0.15, 0.2) is 48.5 Å². The van der Waals surface area contributed by atoms with E-state index in [0.717, 1.165) is 34.7 Å². The van der Waals surface area contributed by atoms with E-state index < -0.39 is 0 Å². The summed E-state index contributed by atoms with van der Waals surface area (Å²) < 4.78 is 5.91. The second kappa shape index (κ2) is 7.32. The van der Waals surface area contributed by atoms with Crippen LogP contribution in [-0.4, -0.2) is 6.04 Å². The van der Waals surface area contributed by atoms with Gasteiger partial charge in [0.1, 0.15) is 12.4 Å². The highest BCUT2D eigenvalue weighted by atomic mass is 35.5. The normalized spacial score (nSPS) is 12.2. The Balaban J connectivity index is 2.03. The standard InChI is InChI=1S/C17H20ClNO/c1-2-16(19)11-14-5-3-4-6-17(14)20-12-13-7-9-15(18)10-8-13/h3-10,16H,2,11-12,19H2,1H3. The van der Waals surface area contributed by atoms with Crippen molar-refractivity contribution in [3.05, 3.63) is 64.7 Å². The molecule has 0 aliphatic rings. The molecule has 0 saturated carbocycles. The Morgan fingerprint density at radius 3 is 2.50 bits per heavy atom. The zero-order valence-corrected chi connectivity index (χ0v) is 12.4. The summed E-state index contributed by atoms with van der Waals surface area (Å²) in [6.45, 7) is 2.64. The smallest absolute Gasteiger partial charge is 0.123 e. The van der Waals surface area contributed by atoms with Crippen LogP contribution in [0, 0.1) is 0 Å². The van der Waals surface area contributed by atoms with Crippen molar-refractivity contribution in [3.8, 4) is 5.75 Å². The van der Waals surface area contributed by atoms with Crippen LogP contribution in [0.5, 0.6) is 5.75 Å². The van der Waals surface area contributed by atoms with Crippen molar-refractivity contribution in [2.75, 3.05) is 0 Å². The molecule has 2 rings (SSSR count). The van der Waals surface area contributed by atoms with E-state index in [1.54, 1.807) is 0 Å². The molecule has 1 unspecified atom stereocenters. The molecule has 2 nitrogen and oxygen atoms in total. The lowest BCUT2D eigenvalue weighted by Crippen LogP contribution is -2.21. The first-order chi connectivity index (χ1) is 9.69. The van der Waals surface area contributed by atoms with E-state index in [-0.39, 0.29) is 6.04 Å². The maximum Gasteiger partial charge on any atom is 0.123 e. The number of benzene rings is 2. The molecule has 0 bridgehead atoms. The van der Waals surface area contributed by atoms with E-state index in [4.69, 9.17) is 22.1 Å². The Labute approximate surface area is 125 Å². The Hall–Kier alpha value is -1.51. The molecule has 3 heteroatoms. The average molecular weight is 290 g/mol. The van der Waals surface area contributed by atoms with Crippen LogP contribution in [0.3, 0.4) is 0 Å². The van der Waals surface area contributed by atoms with E-state index in [1.807, 2.05) is 42.5 Å². The molecule has 20 heavy (non-hydrogen) atoms. The summed E-state index contributed by atoms with van der Waals surface area (Å²) in [5.41, 5.74) is 8.29. The quantitative estimate of drug-likeness (QED) is 0.865. The number of rotatable bonds is 6. The first kappa shape index (κ1) is 14.9. The second-order valence-corrected chi connectivity index (χ2v) is 5.33. The Morgan fingerprint density at radius 2 is 1.80 bits per heavy atom. The first-order valence-corrected chi connectivity index (χ1v) is 7.27. The van der Waals surface area contributed by atoms with Gasteiger partial charge in [0.25, 0.3) is 0 Å². The van der Waals surface area contributed by atoms with Crippen molar-refractivity contribution in [1.82, 2.24) is 0 Å². The molecule has 0 amide bonds. The summed E-state index contributed by atoms with van der Waals surface area (Å²) in [6.07, 6.45) is 1.80. The van der Waals surface area contributed by atoms with Gasteiger partial charge in [0.15, 0.2) is 0 Å². The minimum atomic E-state index is 0.176. The van der Waals surface area contributed by atoms with Gasteiger partial charge in [0.2, 0.25) is 0 Å². The van der Waals surface area contributed by atoms with Gasteiger partial charge in [-0.05, 0) is 42.2 Å². The van der Waals surface area contributed by atoms with Gasteiger partial charge in [0, 0.05) is 11.1 Å². The molecule has 0 radical (unpaired) electrons. The van der Waals surface area contributed by atoms with Gasteiger partial charge in [-0.3, -0.25) is 0 Å². The third kappa shape index (κ3) is 4.26. The fourth-order valence-corrected chi connectivity index (χ4v) is 2.11. The SMILES string of the molecule is CCC(N)Cc1ccccc1OCc1ccc(Cl)cc1. The molecule has 106 valence electrons. The van der Waals surface area contributed by atoms with E-state index in [9.17, 15) is 0 Å². The minimum absolute atomic E-state index is 0.176.